The molecule has 1 aromatic rings. The third-order valence-electron chi connectivity index (χ3n) is 2.15. The van der Waals surface area contributed by atoms with E-state index in [2.05, 4.69) is 10.1 Å². The van der Waals surface area contributed by atoms with Crippen LogP contribution in [0.5, 0.6) is 0 Å². The molecule has 0 saturated carbocycles. The van der Waals surface area contributed by atoms with Crippen LogP contribution < -0.4 is 5.32 Å². The highest BCUT2D eigenvalue weighted by Crippen LogP contribution is 2.15. The minimum Gasteiger partial charge on any atom is -0.465 e. The van der Waals surface area contributed by atoms with Crippen molar-refractivity contribution in [3.05, 3.63) is 29.8 Å². The summed E-state index contributed by atoms with van der Waals surface area (Å²) >= 11 is 0. The Morgan fingerprint density at radius 3 is 2.56 bits per heavy atom. The summed E-state index contributed by atoms with van der Waals surface area (Å²) in [5, 5.41) is 2.62. The summed E-state index contributed by atoms with van der Waals surface area (Å²) in [6.07, 6.45) is -0.0217. The summed E-state index contributed by atoms with van der Waals surface area (Å²) in [6, 6.07) is 6.65. The molecule has 0 aromatic heterocycles. The normalized spacial score (nSPS) is 10.2. The van der Waals surface area contributed by atoms with E-state index >= 15 is 0 Å². The van der Waals surface area contributed by atoms with Crippen LogP contribution in [0.15, 0.2) is 24.3 Å². The van der Waals surface area contributed by atoms with Crippen LogP contribution in [0.2, 0.25) is 0 Å². The van der Waals surface area contributed by atoms with Crippen LogP contribution >= 0.6 is 0 Å². The summed E-state index contributed by atoms with van der Waals surface area (Å²) in [5.41, 5.74) is 0.736. The maximum Gasteiger partial charge on any atom is 0.339 e. The number of benzene rings is 1. The van der Waals surface area contributed by atoms with E-state index in [0.717, 1.165) is 0 Å². The van der Waals surface area contributed by atoms with Crippen molar-refractivity contribution in [3.8, 4) is 0 Å². The molecule has 0 saturated heterocycles. The van der Waals surface area contributed by atoms with Crippen LogP contribution in [0.1, 0.15) is 24.2 Å². The molecule has 0 unspecified atom stereocenters. The van der Waals surface area contributed by atoms with E-state index in [1.165, 1.54) is 7.11 Å². The fourth-order valence-corrected chi connectivity index (χ4v) is 1.31. The number of esters is 1. The van der Waals surface area contributed by atoms with Crippen molar-refractivity contribution < 1.29 is 19.1 Å². The minimum absolute atomic E-state index is 0.0217. The Labute approximate surface area is 106 Å². The number of para-hydroxylation sites is 1. The van der Waals surface area contributed by atoms with E-state index in [1.54, 1.807) is 24.3 Å². The second-order valence-corrected chi connectivity index (χ2v) is 3.95. The first-order valence-corrected chi connectivity index (χ1v) is 5.63. The lowest BCUT2D eigenvalue weighted by molar-refractivity contribution is -0.121. The molecule has 0 aliphatic rings. The minimum atomic E-state index is -0.490. The lowest BCUT2D eigenvalue weighted by Gasteiger charge is -2.11. The van der Waals surface area contributed by atoms with Crippen molar-refractivity contribution in [3.63, 3.8) is 0 Å². The second kappa shape index (κ2) is 6.76. The standard InChI is InChI=1S/C13H17NO4/c1-9(2)18-8-12(15)14-11-7-5-4-6-10(11)13(16)17-3/h4-7,9H,8H2,1-3H3,(H,14,15). The van der Waals surface area contributed by atoms with Crippen molar-refractivity contribution in [2.75, 3.05) is 19.0 Å². The van der Waals surface area contributed by atoms with Gasteiger partial charge in [-0.15, -0.1) is 0 Å². The molecule has 1 N–H and O–H groups in total. The quantitative estimate of drug-likeness (QED) is 0.811. The summed E-state index contributed by atoms with van der Waals surface area (Å²) < 4.78 is 9.81. The van der Waals surface area contributed by atoms with Crippen molar-refractivity contribution >= 4 is 17.6 Å². The molecule has 18 heavy (non-hydrogen) atoms. The molecule has 1 amide bonds. The van der Waals surface area contributed by atoms with Gasteiger partial charge in [-0.1, -0.05) is 12.1 Å². The van der Waals surface area contributed by atoms with Gasteiger partial charge in [0, 0.05) is 0 Å². The number of amides is 1. The topological polar surface area (TPSA) is 64.6 Å². The fourth-order valence-electron chi connectivity index (χ4n) is 1.31. The average molecular weight is 251 g/mol. The van der Waals surface area contributed by atoms with Crippen LogP contribution in [0.4, 0.5) is 5.69 Å². The number of methoxy groups -OCH3 is 1. The van der Waals surface area contributed by atoms with Gasteiger partial charge < -0.3 is 14.8 Å². The van der Waals surface area contributed by atoms with Crippen LogP contribution in [-0.4, -0.2) is 31.7 Å². The lowest BCUT2D eigenvalue weighted by Crippen LogP contribution is -2.22. The Kier molecular flexibility index (Phi) is 5.32. The van der Waals surface area contributed by atoms with E-state index in [9.17, 15) is 9.59 Å². The first kappa shape index (κ1) is 14.2. The van der Waals surface area contributed by atoms with Crippen molar-refractivity contribution in [2.45, 2.75) is 20.0 Å². The summed E-state index contributed by atoms with van der Waals surface area (Å²) in [5.74, 6) is -0.796. The van der Waals surface area contributed by atoms with Gasteiger partial charge in [0.1, 0.15) is 6.61 Å². The molecule has 98 valence electrons. The zero-order valence-corrected chi connectivity index (χ0v) is 10.7. The van der Waals surface area contributed by atoms with Gasteiger partial charge >= 0.3 is 5.97 Å². The van der Waals surface area contributed by atoms with Gasteiger partial charge in [-0.25, -0.2) is 4.79 Å². The number of rotatable bonds is 5. The number of nitrogens with one attached hydrogen (secondary N) is 1. The van der Waals surface area contributed by atoms with Gasteiger partial charge in [-0.2, -0.15) is 0 Å². The summed E-state index contributed by atoms with van der Waals surface area (Å²) in [6.45, 7) is 3.64. The van der Waals surface area contributed by atoms with Gasteiger partial charge in [0.2, 0.25) is 5.91 Å². The SMILES string of the molecule is COC(=O)c1ccccc1NC(=O)COC(C)C. The zero-order chi connectivity index (χ0) is 13.5. The van der Waals surface area contributed by atoms with Gasteiger partial charge in [-0.05, 0) is 26.0 Å². The number of carbonyl (C=O) groups is 2. The molecule has 5 heteroatoms. The summed E-state index contributed by atoms with van der Waals surface area (Å²) in [7, 11) is 1.29. The molecule has 5 nitrogen and oxygen atoms in total. The van der Waals surface area contributed by atoms with Crippen LogP contribution in [0.25, 0.3) is 0 Å². The molecular weight excluding hydrogens is 234 g/mol. The number of hydrogen-bond donors (Lipinski definition) is 1. The maximum absolute atomic E-state index is 11.6. The van der Waals surface area contributed by atoms with E-state index in [4.69, 9.17) is 4.74 Å². The highest BCUT2D eigenvalue weighted by Gasteiger charge is 2.13. The Hall–Kier alpha value is -1.88. The zero-order valence-electron chi connectivity index (χ0n) is 10.7. The molecule has 0 spiro atoms. The third-order valence-corrected chi connectivity index (χ3v) is 2.15. The van der Waals surface area contributed by atoms with Crippen molar-refractivity contribution in [2.24, 2.45) is 0 Å². The Balaban J connectivity index is 2.72. The lowest BCUT2D eigenvalue weighted by atomic mass is 10.2. The van der Waals surface area contributed by atoms with Gasteiger partial charge in [0.15, 0.2) is 0 Å². The first-order valence-electron chi connectivity index (χ1n) is 5.63. The van der Waals surface area contributed by atoms with Gasteiger partial charge in [-0.3, -0.25) is 4.79 Å². The van der Waals surface area contributed by atoms with Crippen molar-refractivity contribution in [1.29, 1.82) is 0 Å². The molecule has 1 aromatic carbocycles. The van der Waals surface area contributed by atoms with E-state index in [-0.39, 0.29) is 18.6 Å². The van der Waals surface area contributed by atoms with Gasteiger partial charge in [0.25, 0.3) is 0 Å². The summed E-state index contributed by atoms with van der Waals surface area (Å²) in [4.78, 5) is 23.1. The predicted octanol–water partition coefficient (Wildman–Crippen LogP) is 1.84. The van der Waals surface area contributed by atoms with Crippen LogP contribution in [0.3, 0.4) is 0 Å². The highest BCUT2D eigenvalue weighted by molar-refractivity contribution is 6.01. The molecule has 0 aliphatic carbocycles. The monoisotopic (exact) mass is 251 g/mol. The Bertz CT molecular complexity index is 429. The van der Waals surface area contributed by atoms with E-state index in [1.807, 2.05) is 13.8 Å². The molecule has 0 atom stereocenters. The molecular formula is C13H17NO4. The smallest absolute Gasteiger partial charge is 0.339 e. The van der Waals surface area contributed by atoms with Crippen LogP contribution in [-0.2, 0) is 14.3 Å². The van der Waals surface area contributed by atoms with Crippen molar-refractivity contribution in [1.82, 2.24) is 0 Å². The molecule has 0 aliphatic heterocycles. The molecule has 0 heterocycles. The largest absolute Gasteiger partial charge is 0.465 e. The number of hydrogen-bond acceptors (Lipinski definition) is 4. The molecule has 0 radical (unpaired) electrons. The maximum atomic E-state index is 11.6. The first-order chi connectivity index (χ1) is 8.54. The molecule has 0 fully saturated rings. The number of carbonyl (C=O) groups excluding carboxylic acids is 2. The predicted molar refractivity (Wildman–Crippen MR) is 67.5 cm³/mol. The van der Waals surface area contributed by atoms with E-state index < -0.39 is 5.97 Å². The molecule has 0 bridgehead atoms. The Morgan fingerprint density at radius 1 is 1.28 bits per heavy atom. The average Bonchev–Trinajstić information content (AvgIpc) is 2.36. The third kappa shape index (κ3) is 4.18. The van der Waals surface area contributed by atoms with E-state index in [0.29, 0.717) is 11.3 Å². The number of ether oxygens (including phenoxy) is 2. The second-order valence-electron chi connectivity index (χ2n) is 3.95. The highest BCUT2D eigenvalue weighted by atomic mass is 16.5. The fraction of sp³-hybridized carbons (Fsp3) is 0.385. The number of anilines is 1. The Morgan fingerprint density at radius 2 is 1.94 bits per heavy atom. The van der Waals surface area contributed by atoms with Gasteiger partial charge in [0.05, 0.1) is 24.5 Å². The van der Waals surface area contributed by atoms with Crippen LogP contribution in [0, 0.1) is 0 Å². The molecule has 1 rings (SSSR count).